The second kappa shape index (κ2) is 11.2. The van der Waals surface area contributed by atoms with Crippen LogP contribution < -0.4 is 15.8 Å². The molecule has 0 spiro atoms. The first-order valence-electron chi connectivity index (χ1n) is 8.16. The molecular weight excluding hydrogens is 531 g/mol. The van der Waals surface area contributed by atoms with Crippen LogP contribution in [0, 0.1) is 0 Å². The van der Waals surface area contributed by atoms with E-state index in [1.54, 1.807) is 24.3 Å². The lowest BCUT2D eigenvalue weighted by Crippen LogP contribution is -2.24. The molecular formula is C18H18F6IN3O2. The predicted molar refractivity (Wildman–Crippen MR) is 110 cm³/mol. The molecule has 2 rings (SSSR count). The Morgan fingerprint density at radius 3 is 2.30 bits per heavy atom. The first-order valence-corrected chi connectivity index (χ1v) is 8.16. The first kappa shape index (κ1) is 25.8. The van der Waals surface area contributed by atoms with E-state index in [0.717, 1.165) is 6.07 Å². The van der Waals surface area contributed by atoms with E-state index >= 15 is 0 Å². The predicted octanol–water partition coefficient (Wildman–Crippen LogP) is 5.21. The van der Waals surface area contributed by atoms with Gasteiger partial charge >= 0.3 is 12.5 Å². The fraction of sp³-hybridized carbons (Fsp3) is 0.278. The van der Waals surface area contributed by atoms with Crippen molar-refractivity contribution in [3.05, 3.63) is 59.7 Å². The Morgan fingerprint density at radius 1 is 0.967 bits per heavy atom. The minimum Gasteiger partial charge on any atom is -0.404 e. The van der Waals surface area contributed by atoms with E-state index < -0.39 is 24.9 Å². The van der Waals surface area contributed by atoms with Crippen molar-refractivity contribution in [3.8, 4) is 5.75 Å². The Bertz CT molecular complexity index is 843. The molecule has 0 saturated heterocycles. The van der Waals surface area contributed by atoms with E-state index in [2.05, 4.69) is 19.8 Å². The molecule has 0 aliphatic heterocycles. The standard InChI is InChI=1S/C18H17F6N3O2.HI/c19-17(20,21)11-28-10-13-5-3-4-12(8-13)9-26-16(25)27-14-6-1-2-7-15(14)29-18(22,23)24;/h1-8H,9-11H2,(H3,25,26,27);1H. The molecule has 2 aromatic carbocycles. The number of anilines is 1. The summed E-state index contributed by atoms with van der Waals surface area (Å²) >= 11 is 0. The number of nitrogens with zero attached hydrogens (tertiary/aromatic N) is 1. The van der Waals surface area contributed by atoms with Crippen LogP contribution in [-0.2, 0) is 17.9 Å². The van der Waals surface area contributed by atoms with Crippen LogP contribution in [0.15, 0.2) is 53.5 Å². The number of nitrogens with one attached hydrogen (secondary N) is 1. The van der Waals surface area contributed by atoms with Crippen LogP contribution in [0.1, 0.15) is 11.1 Å². The van der Waals surface area contributed by atoms with E-state index in [-0.39, 0.29) is 48.8 Å². The fourth-order valence-electron chi connectivity index (χ4n) is 2.24. The number of nitrogens with two attached hydrogens (primary N) is 1. The van der Waals surface area contributed by atoms with Crippen molar-refractivity contribution in [2.45, 2.75) is 25.7 Å². The molecule has 0 aliphatic carbocycles. The van der Waals surface area contributed by atoms with E-state index in [0.29, 0.717) is 11.1 Å². The van der Waals surface area contributed by atoms with Crippen LogP contribution >= 0.6 is 24.0 Å². The number of ether oxygens (including phenoxy) is 2. The van der Waals surface area contributed by atoms with Crippen LogP contribution in [-0.4, -0.2) is 25.1 Å². The number of aliphatic imine (C=N–C) groups is 1. The molecule has 0 heterocycles. The molecule has 166 valence electrons. The lowest BCUT2D eigenvalue weighted by molar-refractivity contribution is -0.274. The van der Waals surface area contributed by atoms with Gasteiger partial charge in [0.2, 0.25) is 0 Å². The summed E-state index contributed by atoms with van der Waals surface area (Å²) in [5, 5.41) is 2.52. The van der Waals surface area contributed by atoms with Gasteiger partial charge in [-0.15, -0.1) is 37.1 Å². The maximum Gasteiger partial charge on any atom is 0.573 e. The van der Waals surface area contributed by atoms with Crippen molar-refractivity contribution in [3.63, 3.8) is 0 Å². The minimum absolute atomic E-state index is 0. The average molecular weight is 549 g/mol. The monoisotopic (exact) mass is 549 g/mol. The van der Waals surface area contributed by atoms with E-state index in [4.69, 9.17) is 5.73 Å². The first-order chi connectivity index (χ1) is 13.5. The van der Waals surface area contributed by atoms with Gasteiger partial charge in [0.05, 0.1) is 18.8 Å². The number of guanidine groups is 1. The van der Waals surface area contributed by atoms with E-state index in [9.17, 15) is 26.3 Å². The third kappa shape index (κ3) is 10.0. The molecule has 0 amide bonds. The van der Waals surface area contributed by atoms with Crippen LogP contribution in [0.25, 0.3) is 0 Å². The highest BCUT2D eigenvalue weighted by atomic mass is 127. The van der Waals surface area contributed by atoms with Gasteiger partial charge in [-0.2, -0.15) is 13.2 Å². The van der Waals surface area contributed by atoms with Crippen LogP contribution in [0.5, 0.6) is 5.75 Å². The zero-order chi connectivity index (χ0) is 21.5. The number of alkyl halides is 6. The second-order valence-corrected chi connectivity index (χ2v) is 5.80. The van der Waals surface area contributed by atoms with Gasteiger partial charge in [-0.25, -0.2) is 4.99 Å². The molecule has 0 atom stereocenters. The Balaban J connectivity index is 0.00000450. The zero-order valence-corrected chi connectivity index (χ0v) is 17.6. The van der Waals surface area contributed by atoms with Gasteiger partial charge in [0.1, 0.15) is 6.61 Å². The van der Waals surface area contributed by atoms with Gasteiger partial charge in [0, 0.05) is 0 Å². The van der Waals surface area contributed by atoms with Crippen molar-refractivity contribution in [1.82, 2.24) is 0 Å². The molecule has 2 aromatic rings. The van der Waals surface area contributed by atoms with Gasteiger partial charge in [0.25, 0.3) is 0 Å². The summed E-state index contributed by atoms with van der Waals surface area (Å²) in [4.78, 5) is 4.01. The van der Waals surface area contributed by atoms with Crippen LogP contribution in [0.3, 0.4) is 0 Å². The second-order valence-electron chi connectivity index (χ2n) is 5.80. The van der Waals surface area contributed by atoms with Crippen molar-refractivity contribution in [2.75, 3.05) is 11.9 Å². The largest absolute Gasteiger partial charge is 0.573 e. The van der Waals surface area contributed by atoms with Gasteiger partial charge in [-0.1, -0.05) is 36.4 Å². The summed E-state index contributed by atoms with van der Waals surface area (Å²) in [5.41, 5.74) is 6.82. The smallest absolute Gasteiger partial charge is 0.404 e. The number of halogens is 7. The third-order valence-electron chi connectivity index (χ3n) is 3.33. The molecule has 0 aromatic heterocycles. The normalized spacial score (nSPS) is 12.3. The number of hydrogen-bond acceptors (Lipinski definition) is 3. The molecule has 0 aliphatic rings. The Kier molecular flexibility index (Phi) is 9.68. The molecule has 0 radical (unpaired) electrons. The SMILES string of the molecule is I.NC(=NCc1cccc(COCC(F)(F)F)c1)Nc1ccccc1OC(F)(F)F. The fourth-order valence-corrected chi connectivity index (χ4v) is 2.24. The number of hydrogen-bond donors (Lipinski definition) is 2. The van der Waals surface area contributed by atoms with Crippen molar-refractivity contribution in [2.24, 2.45) is 10.7 Å². The topological polar surface area (TPSA) is 68.9 Å². The summed E-state index contributed by atoms with van der Waals surface area (Å²) < 4.78 is 82.1. The lowest BCUT2D eigenvalue weighted by atomic mass is 10.1. The minimum atomic E-state index is -4.86. The summed E-state index contributed by atoms with van der Waals surface area (Å²) in [6, 6.07) is 11.8. The van der Waals surface area contributed by atoms with Crippen molar-refractivity contribution < 1.29 is 35.8 Å². The molecule has 5 nitrogen and oxygen atoms in total. The molecule has 0 fully saturated rings. The third-order valence-corrected chi connectivity index (χ3v) is 3.33. The van der Waals surface area contributed by atoms with Gasteiger partial charge in [0.15, 0.2) is 11.7 Å². The maximum atomic E-state index is 12.4. The van der Waals surface area contributed by atoms with Crippen LogP contribution in [0.2, 0.25) is 0 Å². The number of rotatable bonds is 7. The Hall–Kier alpha value is -2.22. The Labute approximate surface area is 185 Å². The summed E-state index contributed by atoms with van der Waals surface area (Å²) in [5.74, 6) is -0.635. The molecule has 0 bridgehead atoms. The average Bonchev–Trinajstić information content (AvgIpc) is 2.60. The highest BCUT2D eigenvalue weighted by molar-refractivity contribution is 14.0. The molecule has 30 heavy (non-hydrogen) atoms. The van der Waals surface area contributed by atoms with Crippen molar-refractivity contribution >= 4 is 35.6 Å². The van der Waals surface area contributed by atoms with E-state index in [1.165, 1.54) is 18.2 Å². The zero-order valence-electron chi connectivity index (χ0n) is 15.3. The lowest BCUT2D eigenvalue weighted by Gasteiger charge is -2.14. The van der Waals surface area contributed by atoms with Crippen LogP contribution in [0.4, 0.5) is 32.0 Å². The molecule has 0 saturated carbocycles. The molecule has 3 N–H and O–H groups in total. The summed E-state index contributed by atoms with van der Waals surface area (Å²) in [6.45, 7) is -1.53. The highest BCUT2D eigenvalue weighted by Crippen LogP contribution is 2.29. The Morgan fingerprint density at radius 2 is 1.63 bits per heavy atom. The van der Waals surface area contributed by atoms with Gasteiger partial charge < -0.3 is 20.5 Å². The van der Waals surface area contributed by atoms with E-state index in [1.807, 2.05) is 0 Å². The maximum absolute atomic E-state index is 12.4. The van der Waals surface area contributed by atoms with Gasteiger partial charge in [-0.3, -0.25) is 0 Å². The van der Waals surface area contributed by atoms with Gasteiger partial charge in [-0.05, 0) is 23.3 Å². The molecule has 0 unspecified atom stereocenters. The molecule has 12 heteroatoms. The number of benzene rings is 2. The summed E-state index contributed by atoms with van der Waals surface area (Å²) in [6.07, 6.45) is -9.27. The van der Waals surface area contributed by atoms with Crippen molar-refractivity contribution in [1.29, 1.82) is 0 Å². The summed E-state index contributed by atoms with van der Waals surface area (Å²) in [7, 11) is 0. The number of para-hydroxylation sites is 2. The quantitative estimate of drug-likeness (QED) is 0.216. The highest BCUT2D eigenvalue weighted by Gasteiger charge is 2.32.